The normalized spacial score (nSPS) is 27.4. The second kappa shape index (κ2) is 10.1. The number of carbonyl (C=O) groups is 3. The zero-order valence-corrected chi connectivity index (χ0v) is 21.7. The number of carbonyl (C=O) groups excluding carboxylic acids is 3. The molecule has 5 aliphatic rings. The van der Waals surface area contributed by atoms with Crippen LogP contribution in [0.2, 0.25) is 0 Å². The minimum atomic E-state index is -0.438. The van der Waals surface area contributed by atoms with Crippen LogP contribution < -0.4 is 5.32 Å². The number of rotatable bonds is 4. The zero-order chi connectivity index (χ0) is 25.5. The Balaban J connectivity index is 0.917. The lowest BCUT2D eigenvalue weighted by Gasteiger charge is -2.42. The Labute approximate surface area is 218 Å². The predicted molar refractivity (Wildman–Crippen MR) is 138 cm³/mol. The molecule has 0 saturated carbocycles. The van der Waals surface area contributed by atoms with Crippen LogP contribution in [0.5, 0.6) is 0 Å². The molecule has 0 aliphatic carbocycles. The second-order valence-electron chi connectivity index (χ2n) is 11.3. The lowest BCUT2D eigenvalue weighted by molar-refractivity contribution is -0.136. The van der Waals surface area contributed by atoms with E-state index in [1.54, 1.807) is 4.90 Å². The molecule has 2 unspecified atom stereocenters. The van der Waals surface area contributed by atoms with Gasteiger partial charge in [-0.1, -0.05) is 18.2 Å². The summed E-state index contributed by atoms with van der Waals surface area (Å²) in [5.74, 6) is -0.104. The minimum Gasteiger partial charge on any atom is -0.439 e. The van der Waals surface area contributed by atoms with Gasteiger partial charge in [-0.15, -0.1) is 0 Å². The number of likely N-dealkylation sites (tertiary alicyclic amines) is 4. The van der Waals surface area contributed by atoms with Gasteiger partial charge in [0.15, 0.2) is 6.61 Å². The zero-order valence-electron chi connectivity index (χ0n) is 21.7. The maximum Gasteiger partial charge on any atom is 0.410 e. The molecule has 4 fully saturated rings. The number of urea groups is 1. The van der Waals surface area contributed by atoms with Gasteiger partial charge in [0.2, 0.25) is 0 Å². The smallest absolute Gasteiger partial charge is 0.410 e. The highest BCUT2D eigenvalue weighted by atomic mass is 16.6. The second-order valence-corrected chi connectivity index (χ2v) is 11.3. The van der Waals surface area contributed by atoms with Crippen molar-refractivity contribution in [1.82, 2.24) is 24.5 Å². The molecule has 0 spiro atoms. The van der Waals surface area contributed by atoms with Crippen LogP contribution in [0.25, 0.3) is 0 Å². The van der Waals surface area contributed by atoms with Gasteiger partial charge in [-0.2, -0.15) is 0 Å². The number of anilines is 1. The average Bonchev–Trinajstić information content (AvgIpc) is 3.51. The summed E-state index contributed by atoms with van der Waals surface area (Å²) >= 11 is 0. The number of piperidine rings is 2. The summed E-state index contributed by atoms with van der Waals surface area (Å²) < 4.78 is 5.41. The van der Waals surface area contributed by atoms with Crippen LogP contribution in [-0.2, 0) is 16.1 Å². The molecule has 4 saturated heterocycles. The number of para-hydroxylation sites is 1. The maximum atomic E-state index is 12.7. The Morgan fingerprint density at radius 2 is 1.62 bits per heavy atom. The van der Waals surface area contributed by atoms with Crippen LogP contribution in [0.1, 0.15) is 37.7 Å². The van der Waals surface area contributed by atoms with Gasteiger partial charge in [0.05, 0.1) is 0 Å². The highest BCUT2D eigenvalue weighted by Crippen LogP contribution is 2.33. The van der Waals surface area contributed by atoms with Gasteiger partial charge in [0.1, 0.15) is 0 Å². The number of ether oxygens (including phenoxy) is 1. The summed E-state index contributed by atoms with van der Waals surface area (Å²) in [5, 5.41) is 2.97. The van der Waals surface area contributed by atoms with Gasteiger partial charge in [0.25, 0.3) is 5.91 Å². The van der Waals surface area contributed by atoms with Crippen LogP contribution in [0, 0.1) is 0 Å². The van der Waals surface area contributed by atoms with Crippen LogP contribution in [0.4, 0.5) is 15.3 Å². The third-order valence-corrected chi connectivity index (χ3v) is 9.19. The molecule has 1 aromatic rings. The van der Waals surface area contributed by atoms with Crippen molar-refractivity contribution < 1.29 is 19.1 Å². The van der Waals surface area contributed by atoms with Crippen LogP contribution in [0.15, 0.2) is 24.3 Å². The predicted octanol–water partition coefficient (Wildman–Crippen LogP) is 2.01. The van der Waals surface area contributed by atoms with E-state index in [9.17, 15) is 14.4 Å². The largest absolute Gasteiger partial charge is 0.439 e. The number of nitrogens with one attached hydrogen (secondary N) is 1. The quantitative estimate of drug-likeness (QED) is 0.667. The number of hydrogen-bond donors (Lipinski definition) is 1. The molecule has 0 aromatic heterocycles. The summed E-state index contributed by atoms with van der Waals surface area (Å²) in [6.45, 7) is 5.20. The van der Waals surface area contributed by atoms with E-state index in [1.807, 2.05) is 34.1 Å². The molecule has 1 N–H and O–H groups in total. The van der Waals surface area contributed by atoms with E-state index in [-0.39, 0.29) is 24.6 Å². The van der Waals surface area contributed by atoms with Gasteiger partial charge in [-0.05, 0) is 50.8 Å². The van der Waals surface area contributed by atoms with Crippen molar-refractivity contribution >= 4 is 23.7 Å². The van der Waals surface area contributed by atoms with Gasteiger partial charge < -0.3 is 29.7 Å². The number of nitrogens with zero attached hydrogens (tertiary/aromatic N) is 5. The molecule has 5 aliphatic heterocycles. The van der Waals surface area contributed by atoms with E-state index < -0.39 is 6.09 Å². The summed E-state index contributed by atoms with van der Waals surface area (Å²) in [6, 6.07) is 9.77. The third-order valence-electron chi connectivity index (χ3n) is 9.19. The summed E-state index contributed by atoms with van der Waals surface area (Å²) in [5.41, 5.74) is 1.97. The topological polar surface area (TPSA) is 88.7 Å². The number of benzene rings is 1. The Bertz CT molecular complexity index is 1030. The molecule has 0 radical (unpaired) electrons. The Morgan fingerprint density at radius 3 is 2.32 bits per heavy atom. The third kappa shape index (κ3) is 4.88. The molecule has 5 heterocycles. The lowest BCUT2D eigenvalue weighted by atomic mass is 10.0. The number of fused-ring (bicyclic) bond motifs is 3. The first-order valence-corrected chi connectivity index (χ1v) is 13.8. The average molecular weight is 511 g/mol. The fraction of sp³-hybridized carbons (Fsp3) is 0.667. The van der Waals surface area contributed by atoms with Crippen LogP contribution >= 0.6 is 0 Å². The van der Waals surface area contributed by atoms with Crippen LogP contribution in [-0.4, -0.2) is 120 Å². The first-order valence-electron chi connectivity index (χ1n) is 13.8. The first-order chi connectivity index (χ1) is 18.0. The van der Waals surface area contributed by atoms with Crippen molar-refractivity contribution in [3.63, 3.8) is 0 Å². The molecule has 4 amide bonds. The van der Waals surface area contributed by atoms with E-state index in [0.29, 0.717) is 50.6 Å². The van der Waals surface area contributed by atoms with Gasteiger partial charge >= 0.3 is 12.1 Å². The Hall–Kier alpha value is -2.85. The highest BCUT2D eigenvalue weighted by molar-refractivity contribution is 5.92. The molecule has 10 nitrogen and oxygen atoms in total. The van der Waals surface area contributed by atoms with Gasteiger partial charge in [-0.25, -0.2) is 9.59 Å². The molecule has 2 atom stereocenters. The number of amides is 4. The Kier molecular flexibility index (Phi) is 6.71. The van der Waals surface area contributed by atoms with Crippen molar-refractivity contribution in [3.05, 3.63) is 29.8 Å². The molecular formula is C27H38N6O4. The SMILES string of the molecule is CN1CC2CC1CN2C1CCN(C(=O)COC(=O)N2CCC(N3Cc4ccccc4NC3=O)CC2)CC1. The molecule has 1 aromatic carbocycles. The van der Waals surface area contributed by atoms with Crippen molar-refractivity contribution in [1.29, 1.82) is 0 Å². The molecule has 37 heavy (non-hydrogen) atoms. The lowest BCUT2D eigenvalue weighted by Crippen LogP contribution is -2.53. The number of likely N-dealkylation sites (N-methyl/N-ethyl adjacent to an activating group) is 1. The summed E-state index contributed by atoms with van der Waals surface area (Å²) in [4.78, 5) is 48.5. The molecular weight excluding hydrogens is 472 g/mol. The fourth-order valence-electron chi connectivity index (χ4n) is 6.97. The number of hydrogen-bond acceptors (Lipinski definition) is 6. The molecule has 10 heteroatoms. The van der Waals surface area contributed by atoms with E-state index >= 15 is 0 Å². The standard InChI is InChI=1S/C27H38N6O4/c1-29-16-23-14-22(29)17-32(23)20-6-10-30(11-7-20)25(34)18-37-27(36)31-12-8-21(9-13-31)33-15-19-4-2-3-5-24(19)28-26(33)35/h2-5,20-23H,6-18H2,1H3,(H,28,35). The van der Waals surface area contributed by atoms with E-state index in [2.05, 4.69) is 22.2 Å². The molecule has 200 valence electrons. The fourth-order valence-corrected chi connectivity index (χ4v) is 6.97. The Morgan fingerprint density at radius 1 is 0.919 bits per heavy atom. The van der Waals surface area contributed by atoms with E-state index in [0.717, 1.165) is 50.3 Å². The van der Waals surface area contributed by atoms with E-state index in [1.165, 1.54) is 6.42 Å². The molecule has 6 rings (SSSR count). The van der Waals surface area contributed by atoms with Crippen LogP contribution in [0.3, 0.4) is 0 Å². The van der Waals surface area contributed by atoms with E-state index in [4.69, 9.17) is 4.74 Å². The molecule has 2 bridgehead atoms. The van der Waals surface area contributed by atoms with Crippen molar-refractivity contribution in [2.24, 2.45) is 0 Å². The van der Waals surface area contributed by atoms with Crippen molar-refractivity contribution in [3.8, 4) is 0 Å². The minimum absolute atomic E-state index is 0.0755. The summed E-state index contributed by atoms with van der Waals surface area (Å²) in [7, 11) is 2.22. The van der Waals surface area contributed by atoms with Crippen molar-refractivity contribution in [2.75, 3.05) is 58.2 Å². The van der Waals surface area contributed by atoms with Gasteiger partial charge in [-0.3, -0.25) is 9.69 Å². The van der Waals surface area contributed by atoms with Gasteiger partial charge in [0, 0.05) is 75.7 Å². The monoisotopic (exact) mass is 510 g/mol. The maximum absolute atomic E-state index is 12.7. The number of piperazine rings is 1. The first kappa shape index (κ1) is 24.5. The van der Waals surface area contributed by atoms with Crippen molar-refractivity contribution in [2.45, 2.75) is 62.8 Å². The highest BCUT2D eigenvalue weighted by Gasteiger charge is 2.44. The summed E-state index contributed by atoms with van der Waals surface area (Å²) in [6.07, 6.45) is 4.22.